The van der Waals surface area contributed by atoms with Crippen molar-refractivity contribution in [2.45, 2.75) is 18.4 Å². The summed E-state index contributed by atoms with van der Waals surface area (Å²) in [5.74, 6) is 0. The maximum atomic E-state index is 12.5. The first-order chi connectivity index (χ1) is 9.30. The van der Waals surface area contributed by atoms with Crippen LogP contribution in [0.5, 0.6) is 0 Å². The van der Waals surface area contributed by atoms with Gasteiger partial charge in [-0.2, -0.15) is 4.31 Å². The molecule has 0 fully saturated rings. The normalized spacial score (nSPS) is 12.1. The Hall–Kier alpha value is -0.400. The fourth-order valence-corrected chi connectivity index (χ4v) is 5.24. The molecule has 0 unspecified atom stereocenters. The first-order valence-electron chi connectivity index (χ1n) is 5.77. The van der Waals surface area contributed by atoms with Gasteiger partial charge in [-0.1, -0.05) is 17.7 Å². The largest absolute Gasteiger partial charge is 0.244 e. The van der Waals surface area contributed by atoms with Crippen molar-refractivity contribution in [3.05, 3.63) is 49.6 Å². The zero-order chi connectivity index (χ0) is 14.9. The van der Waals surface area contributed by atoms with Crippen LogP contribution in [0, 0.1) is 6.92 Å². The van der Waals surface area contributed by atoms with Crippen LogP contribution in [0.4, 0.5) is 0 Å². The average molecular weight is 395 g/mol. The molecule has 2 rings (SSSR count). The van der Waals surface area contributed by atoms with Crippen LogP contribution >= 0.6 is 38.9 Å². The number of nitrogens with zero attached hydrogens (tertiary/aromatic N) is 1. The molecule has 0 atom stereocenters. The third kappa shape index (κ3) is 3.43. The highest BCUT2D eigenvalue weighted by molar-refractivity contribution is 9.10. The van der Waals surface area contributed by atoms with Crippen LogP contribution in [0.1, 0.15) is 10.4 Å². The van der Waals surface area contributed by atoms with Gasteiger partial charge in [0.1, 0.15) is 0 Å². The van der Waals surface area contributed by atoms with Crippen LogP contribution in [-0.2, 0) is 16.6 Å². The number of rotatable bonds is 4. The third-order valence-electron chi connectivity index (χ3n) is 2.78. The molecule has 0 aliphatic carbocycles. The summed E-state index contributed by atoms with van der Waals surface area (Å²) in [6.45, 7) is 2.22. The van der Waals surface area contributed by atoms with Crippen LogP contribution in [0.15, 0.2) is 39.7 Å². The quantitative estimate of drug-likeness (QED) is 0.775. The summed E-state index contributed by atoms with van der Waals surface area (Å²) >= 11 is 10.6. The van der Waals surface area contributed by atoms with E-state index in [1.807, 2.05) is 13.0 Å². The predicted octanol–water partition coefficient (Wildman–Crippen LogP) is 4.29. The first kappa shape index (κ1) is 16.0. The zero-order valence-electron chi connectivity index (χ0n) is 10.9. The molecule has 1 aromatic heterocycles. The first-order valence-corrected chi connectivity index (χ1v) is 9.20. The monoisotopic (exact) mass is 393 g/mol. The third-order valence-corrected chi connectivity index (χ3v) is 6.78. The van der Waals surface area contributed by atoms with E-state index in [1.165, 1.54) is 15.6 Å². The predicted molar refractivity (Wildman–Crippen MR) is 86.9 cm³/mol. The highest BCUT2D eigenvalue weighted by Crippen LogP contribution is 2.28. The summed E-state index contributed by atoms with van der Waals surface area (Å²) in [4.78, 5) is 1.18. The van der Waals surface area contributed by atoms with Gasteiger partial charge in [0.15, 0.2) is 0 Å². The summed E-state index contributed by atoms with van der Waals surface area (Å²) in [5, 5.41) is 0. The molecule has 1 aromatic carbocycles. The van der Waals surface area contributed by atoms with Crippen molar-refractivity contribution in [2.75, 3.05) is 7.05 Å². The highest BCUT2D eigenvalue weighted by atomic mass is 79.9. The Morgan fingerprint density at radius 2 is 2.00 bits per heavy atom. The van der Waals surface area contributed by atoms with E-state index in [4.69, 9.17) is 11.6 Å². The Morgan fingerprint density at radius 3 is 2.55 bits per heavy atom. The summed E-state index contributed by atoms with van der Waals surface area (Å²) in [7, 11) is -1.96. The number of sulfonamides is 1. The lowest BCUT2D eigenvalue weighted by molar-refractivity contribution is 0.469. The van der Waals surface area contributed by atoms with E-state index in [0.717, 1.165) is 10.4 Å². The van der Waals surface area contributed by atoms with Gasteiger partial charge in [0.05, 0.1) is 9.23 Å². The molecule has 0 saturated heterocycles. The van der Waals surface area contributed by atoms with Gasteiger partial charge >= 0.3 is 0 Å². The average Bonchev–Trinajstić information content (AvgIpc) is 2.74. The summed E-state index contributed by atoms with van der Waals surface area (Å²) < 4.78 is 27.6. The molecule has 0 spiro atoms. The Balaban J connectivity index is 2.29. The summed E-state index contributed by atoms with van der Waals surface area (Å²) in [5.41, 5.74) is 1.00. The van der Waals surface area contributed by atoms with E-state index < -0.39 is 10.0 Å². The van der Waals surface area contributed by atoms with Gasteiger partial charge in [-0.25, -0.2) is 8.42 Å². The van der Waals surface area contributed by atoms with Gasteiger partial charge < -0.3 is 0 Å². The fourth-order valence-electron chi connectivity index (χ4n) is 1.72. The molecule has 0 bridgehead atoms. The minimum Gasteiger partial charge on any atom is -0.207 e. The number of hydrogen-bond donors (Lipinski definition) is 0. The molecule has 0 radical (unpaired) electrons. The molecular weight excluding hydrogens is 382 g/mol. The smallest absolute Gasteiger partial charge is 0.207 e. The van der Waals surface area contributed by atoms with Crippen molar-refractivity contribution in [3.63, 3.8) is 0 Å². The minimum atomic E-state index is -3.53. The number of benzene rings is 1. The van der Waals surface area contributed by atoms with E-state index in [-0.39, 0.29) is 4.90 Å². The Kier molecular flexibility index (Phi) is 4.92. The molecule has 0 aliphatic rings. The standard InChI is InChI=1S/C13H13BrClNO2S2/c1-9-3-5-12(11(14)7-9)20(17,18)16(2)8-10-4-6-13(15)19-10/h3-7H,8H2,1-2H3. The highest BCUT2D eigenvalue weighted by Gasteiger charge is 2.23. The number of aryl methyl sites for hydroxylation is 1. The topological polar surface area (TPSA) is 37.4 Å². The summed E-state index contributed by atoms with van der Waals surface area (Å²) in [6.07, 6.45) is 0. The molecule has 0 saturated carbocycles. The van der Waals surface area contributed by atoms with Crippen molar-refractivity contribution in [3.8, 4) is 0 Å². The lowest BCUT2D eigenvalue weighted by Gasteiger charge is -2.17. The molecule has 7 heteroatoms. The summed E-state index contributed by atoms with van der Waals surface area (Å²) in [6, 6.07) is 8.80. The second kappa shape index (κ2) is 6.15. The Bertz CT molecular complexity index is 728. The molecule has 108 valence electrons. The van der Waals surface area contributed by atoms with Gasteiger partial charge in [0, 0.05) is 22.9 Å². The molecule has 0 amide bonds. The van der Waals surface area contributed by atoms with Gasteiger partial charge in [-0.05, 0) is 52.7 Å². The van der Waals surface area contributed by atoms with Crippen LogP contribution in [0.2, 0.25) is 4.34 Å². The minimum absolute atomic E-state index is 0.272. The molecule has 3 nitrogen and oxygen atoms in total. The molecule has 1 heterocycles. The van der Waals surface area contributed by atoms with Gasteiger partial charge in [0.25, 0.3) is 0 Å². The van der Waals surface area contributed by atoms with Crippen LogP contribution in [-0.4, -0.2) is 19.8 Å². The molecule has 2 aromatic rings. The van der Waals surface area contributed by atoms with E-state index >= 15 is 0 Å². The SMILES string of the molecule is Cc1ccc(S(=O)(=O)N(C)Cc2ccc(Cl)s2)c(Br)c1. The lowest BCUT2D eigenvalue weighted by atomic mass is 10.2. The fraction of sp³-hybridized carbons (Fsp3) is 0.231. The van der Waals surface area contributed by atoms with Crippen LogP contribution in [0.25, 0.3) is 0 Å². The molecular formula is C13H13BrClNO2S2. The van der Waals surface area contributed by atoms with Gasteiger partial charge in [-0.15, -0.1) is 11.3 Å². The lowest BCUT2D eigenvalue weighted by Crippen LogP contribution is -2.26. The van der Waals surface area contributed by atoms with E-state index in [1.54, 1.807) is 31.3 Å². The number of thiophene rings is 1. The molecule has 0 N–H and O–H groups in total. The van der Waals surface area contributed by atoms with Gasteiger partial charge in [-0.3, -0.25) is 0 Å². The van der Waals surface area contributed by atoms with Crippen LogP contribution < -0.4 is 0 Å². The second-order valence-corrected chi connectivity index (χ2v) is 9.07. The maximum Gasteiger partial charge on any atom is 0.244 e. The van der Waals surface area contributed by atoms with E-state index in [9.17, 15) is 8.42 Å². The van der Waals surface area contributed by atoms with Crippen molar-refractivity contribution in [2.24, 2.45) is 0 Å². The second-order valence-electron chi connectivity index (χ2n) is 4.40. The number of hydrogen-bond acceptors (Lipinski definition) is 3. The van der Waals surface area contributed by atoms with E-state index in [2.05, 4.69) is 15.9 Å². The molecule has 20 heavy (non-hydrogen) atoms. The number of halogens is 2. The van der Waals surface area contributed by atoms with Gasteiger partial charge in [0.2, 0.25) is 10.0 Å². The molecule has 0 aliphatic heterocycles. The van der Waals surface area contributed by atoms with Crippen molar-refractivity contribution < 1.29 is 8.42 Å². The van der Waals surface area contributed by atoms with Crippen molar-refractivity contribution >= 4 is 48.9 Å². The Labute approximate surface area is 136 Å². The Morgan fingerprint density at radius 1 is 1.30 bits per heavy atom. The zero-order valence-corrected chi connectivity index (χ0v) is 14.9. The van der Waals surface area contributed by atoms with Crippen molar-refractivity contribution in [1.29, 1.82) is 0 Å². The van der Waals surface area contributed by atoms with E-state index in [0.29, 0.717) is 15.4 Å². The van der Waals surface area contributed by atoms with Crippen LogP contribution in [0.3, 0.4) is 0 Å². The maximum absolute atomic E-state index is 12.5. The van der Waals surface area contributed by atoms with Crippen molar-refractivity contribution in [1.82, 2.24) is 4.31 Å².